The van der Waals surface area contributed by atoms with E-state index in [2.05, 4.69) is 10.6 Å². The highest BCUT2D eigenvalue weighted by Gasteiger charge is 2.41. The third kappa shape index (κ3) is 5.17. The Labute approximate surface area is 201 Å². The maximum absolute atomic E-state index is 13.8. The summed E-state index contributed by atoms with van der Waals surface area (Å²) in [6, 6.07) is 16.9. The largest absolute Gasteiger partial charge is 0.354 e. The Balaban J connectivity index is 1.44. The van der Waals surface area contributed by atoms with Crippen LogP contribution in [-0.4, -0.2) is 30.8 Å². The lowest BCUT2D eigenvalue weighted by molar-refractivity contribution is -0.129. The van der Waals surface area contributed by atoms with Crippen molar-refractivity contribution in [3.63, 3.8) is 0 Å². The third-order valence-corrected chi connectivity index (χ3v) is 6.85. The number of benzene rings is 2. The number of nitrogens with zero attached hydrogens (tertiary/aromatic N) is 1. The van der Waals surface area contributed by atoms with Crippen LogP contribution in [0.15, 0.2) is 66.0 Å². The molecule has 1 fully saturated rings. The molecule has 2 aromatic carbocycles. The van der Waals surface area contributed by atoms with Crippen molar-refractivity contribution in [3.8, 4) is 0 Å². The molecule has 1 aliphatic rings. The number of piperidine rings is 1. The second kappa shape index (κ2) is 10.6. The fourth-order valence-electron chi connectivity index (χ4n) is 4.20. The molecule has 6 nitrogen and oxygen atoms in total. The van der Waals surface area contributed by atoms with Gasteiger partial charge in [0.15, 0.2) is 0 Å². The Hall–Kier alpha value is -3.52. The third-order valence-electron chi connectivity index (χ3n) is 5.91. The van der Waals surface area contributed by atoms with E-state index in [-0.39, 0.29) is 36.9 Å². The summed E-state index contributed by atoms with van der Waals surface area (Å²) < 4.78 is 13.8. The van der Waals surface area contributed by atoms with Crippen molar-refractivity contribution in [2.45, 2.75) is 25.8 Å². The van der Waals surface area contributed by atoms with Crippen molar-refractivity contribution in [2.75, 3.05) is 18.0 Å². The van der Waals surface area contributed by atoms with E-state index in [0.29, 0.717) is 6.42 Å². The van der Waals surface area contributed by atoms with E-state index in [1.807, 2.05) is 48.7 Å². The highest BCUT2D eigenvalue weighted by atomic mass is 32.1. The van der Waals surface area contributed by atoms with Gasteiger partial charge in [-0.3, -0.25) is 14.4 Å². The summed E-state index contributed by atoms with van der Waals surface area (Å²) in [7, 11) is 0. The number of hydrogen-bond acceptors (Lipinski definition) is 4. The number of rotatable bonds is 7. The van der Waals surface area contributed by atoms with E-state index in [0.717, 1.165) is 16.1 Å². The van der Waals surface area contributed by atoms with Crippen LogP contribution in [0.3, 0.4) is 0 Å². The molecule has 0 bridgehead atoms. The van der Waals surface area contributed by atoms with Crippen molar-refractivity contribution < 1.29 is 18.8 Å². The summed E-state index contributed by atoms with van der Waals surface area (Å²) in [5.74, 6) is -1.74. The summed E-state index contributed by atoms with van der Waals surface area (Å²) in [6.07, 6.45) is 0.717. The van der Waals surface area contributed by atoms with Gasteiger partial charge in [-0.15, -0.1) is 11.3 Å². The lowest BCUT2D eigenvalue weighted by atomic mass is 9.86. The molecule has 2 unspecified atom stereocenters. The number of carbonyl (C=O) groups is 3. The molecular weight excluding hydrogens is 453 g/mol. The highest BCUT2D eigenvalue weighted by molar-refractivity contribution is 7.10. The number of aryl methyl sites for hydroxylation is 1. The fourth-order valence-corrected chi connectivity index (χ4v) is 5.08. The van der Waals surface area contributed by atoms with Gasteiger partial charge in [0.2, 0.25) is 11.8 Å². The molecule has 176 valence electrons. The van der Waals surface area contributed by atoms with Gasteiger partial charge in [-0.2, -0.15) is 0 Å². The second-order valence-electron chi connectivity index (χ2n) is 8.23. The van der Waals surface area contributed by atoms with E-state index in [1.54, 1.807) is 11.0 Å². The minimum Gasteiger partial charge on any atom is -0.354 e. The van der Waals surface area contributed by atoms with Gasteiger partial charge in [-0.05, 0) is 49.1 Å². The van der Waals surface area contributed by atoms with Gasteiger partial charge >= 0.3 is 0 Å². The number of anilines is 1. The van der Waals surface area contributed by atoms with Gasteiger partial charge in [0.1, 0.15) is 5.82 Å². The first-order valence-corrected chi connectivity index (χ1v) is 12.1. The van der Waals surface area contributed by atoms with Crippen molar-refractivity contribution in [3.05, 3.63) is 87.9 Å². The zero-order chi connectivity index (χ0) is 24.1. The van der Waals surface area contributed by atoms with Crippen LogP contribution >= 0.6 is 11.3 Å². The predicted molar refractivity (Wildman–Crippen MR) is 130 cm³/mol. The molecule has 0 spiro atoms. The zero-order valence-corrected chi connectivity index (χ0v) is 19.6. The Kier molecular flexibility index (Phi) is 7.37. The normalized spacial score (nSPS) is 17.9. The average molecular weight is 480 g/mol. The Bertz CT molecular complexity index is 1160. The van der Waals surface area contributed by atoms with E-state index in [4.69, 9.17) is 0 Å². The second-order valence-corrected chi connectivity index (χ2v) is 9.21. The molecule has 0 aliphatic carbocycles. The van der Waals surface area contributed by atoms with Crippen LogP contribution < -0.4 is 15.5 Å². The molecule has 3 amide bonds. The van der Waals surface area contributed by atoms with E-state index < -0.39 is 23.7 Å². The maximum Gasteiger partial charge on any atom is 0.254 e. The first kappa shape index (κ1) is 23.6. The van der Waals surface area contributed by atoms with Gasteiger partial charge in [0.05, 0.1) is 17.5 Å². The molecule has 0 saturated carbocycles. The molecule has 1 saturated heterocycles. The number of hydrogen-bond donors (Lipinski definition) is 2. The summed E-state index contributed by atoms with van der Waals surface area (Å²) in [6.45, 7) is 2.35. The highest BCUT2D eigenvalue weighted by Crippen LogP contribution is 2.41. The molecule has 8 heteroatoms. The lowest BCUT2D eigenvalue weighted by Gasteiger charge is -2.40. The van der Waals surface area contributed by atoms with E-state index in [1.165, 1.54) is 29.5 Å². The number of carbonyl (C=O) groups excluding carboxylic acids is 3. The number of amides is 3. The minimum absolute atomic E-state index is 0.0107. The van der Waals surface area contributed by atoms with Gasteiger partial charge in [0.25, 0.3) is 5.91 Å². The zero-order valence-electron chi connectivity index (χ0n) is 18.8. The molecular formula is C26H26FN3O3S. The summed E-state index contributed by atoms with van der Waals surface area (Å²) in [5.41, 5.74) is 1.82. The van der Waals surface area contributed by atoms with Gasteiger partial charge in [-0.1, -0.05) is 35.9 Å². The minimum atomic E-state index is -0.592. The van der Waals surface area contributed by atoms with Crippen LogP contribution in [0.4, 0.5) is 10.1 Å². The van der Waals surface area contributed by atoms with Crippen LogP contribution in [0.5, 0.6) is 0 Å². The first-order chi connectivity index (χ1) is 16.5. The van der Waals surface area contributed by atoms with Crippen molar-refractivity contribution in [2.24, 2.45) is 5.92 Å². The van der Waals surface area contributed by atoms with Crippen molar-refractivity contribution in [1.82, 2.24) is 10.6 Å². The molecule has 2 N–H and O–H groups in total. The first-order valence-electron chi connectivity index (χ1n) is 11.2. The van der Waals surface area contributed by atoms with Crippen LogP contribution in [0.2, 0.25) is 0 Å². The Morgan fingerprint density at radius 2 is 1.76 bits per heavy atom. The molecule has 1 aliphatic heterocycles. The summed E-state index contributed by atoms with van der Waals surface area (Å²) in [4.78, 5) is 41.0. The smallest absolute Gasteiger partial charge is 0.254 e. The molecule has 34 heavy (non-hydrogen) atoms. The standard InChI is InChI=1S/C26H26FN3O3S/c1-17-8-10-18(11-9-17)30-23(31)13-12-20(24(30)22-7-4-16-34-22)26(33)29-15-14-28-25(32)19-5-2-3-6-21(19)27/h2-11,16,20,24H,12-15H2,1H3,(H,28,32)(H,29,33). The Morgan fingerprint density at radius 1 is 1.03 bits per heavy atom. The molecule has 1 aromatic heterocycles. The quantitative estimate of drug-likeness (QED) is 0.498. The topological polar surface area (TPSA) is 78.5 Å². The number of thiophene rings is 1. The van der Waals surface area contributed by atoms with Crippen LogP contribution in [0.1, 0.15) is 39.7 Å². The Morgan fingerprint density at radius 3 is 2.47 bits per heavy atom. The molecule has 2 heterocycles. The maximum atomic E-state index is 13.8. The summed E-state index contributed by atoms with van der Waals surface area (Å²) >= 11 is 1.52. The van der Waals surface area contributed by atoms with Crippen LogP contribution in [0, 0.1) is 18.7 Å². The van der Waals surface area contributed by atoms with E-state index >= 15 is 0 Å². The lowest BCUT2D eigenvalue weighted by Crippen LogP contribution is -2.49. The average Bonchev–Trinajstić information content (AvgIpc) is 3.37. The number of halogens is 1. The SMILES string of the molecule is Cc1ccc(N2C(=O)CCC(C(=O)NCCNC(=O)c3ccccc3F)C2c2cccs2)cc1. The van der Waals surface area contributed by atoms with Crippen molar-refractivity contribution in [1.29, 1.82) is 0 Å². The molecule has 2 atom stereocenters. The molecule has 0 radical (unpaired) electrons. The molecule has 3 aromatic rings. The predicted octanol–water partition coefficient (Wildman–Crippen LogP) is 4.23. The van der Waals surface area contributed by atoms with Crippen LogP contribution in [0.25, 0.3) is 0 Å². The summed E-state index contributed by atoms with van der Waals surface area (Å²) in [5, 5.41) is 7.45. The van der Waals surface area contributed by atoms with Gasteiger partial charge in [-0.25, -0.2) is 4.39 Å². The molecule has 4 rings (SSSR count). The number of nitrogens with one attached hydrogen (secondary N) is 2. The fraction of sp³-hybridized carbons (Fsp3) is 0.269. The van der Waals surface area contributed by atoms with E-state index in [9.17, 15) is 18.8 Å². The van der Waals surface area contributed by atoms with Gasteiger partial charge in [0, 0.05) is 30.1 Å². The van der Waals surface area contributed by atoms with Crippen molar-refractivity contribution >= 4 is 34.7 Å². The van der Waals surface area contributed by atoms with Gasteiger partial charge < -0.3 is 15.5 Å². The monoisotopic (exact) mass is 479 g/mol. The van der Waals surface area contributed by atoms with Crippen LogP contribution in [-0.2, 0) is 9.59 Å².